The lowest BCUT2D eigenvalue weighted by Crippen LogP contribution is -2.33. The monoisotopic (exact) mass is 446 g/mol. The molecular weight excluding hydrogens is 428 g/mol. The molecule has 2 atom stereocenters. The van der Waals surface area contributed by atoms with Gasteiger partial charge in [0.05, 0.1) is 17.5 Å². The van der Waals surface area contributed by atoms with E-state index in [1.54, 1.807) is 71.8 Å². The second kappa shape index (κ2) is 9.49. The van der Waals surface area contributed by atoms with E-state index >= 15 is 0 Å². The van der Waals surface area contributed by atoms with Crippen molar-refractivity contribution >= 4 is 23.4 Å². The first-order chi connectivity index (χ1) is 15.5. The smallest absolute Gasteiger partial charge is 0.335 e. The molecule has 3 aromatic carbocycles. The predicted octanol–water partition coefficient (Wildman–Crippen LogP) is 5.48. The van der Waals surface area contributed by atoms with Gasteiger partial charge >= 0.3 is 5.97 Å². The van der Waals surface area contributed by atoms with Gasteiger partial charge in [0.1, 0.15) is 11.8 Å². The number of imidazole rings is 1. The van der Waals surface area contributed by atoms with Gasteiger partial charge < -0.3 is 14.4 Å². The summed E-state index contributed by atoms with van der Waals surface area (Å²) in [6.45, 7) is 0. The van der Waals surface area contributed by atoms with E-state index in [1.807, 2.05) is 30.3 Å². The molecule has 32 heavy (non-hydrogen) atoms. The minimum atomic E-state index is -0.879. The Morgan fingerprint density at radius 3 is 2.28 bits per heavy atom. The van der Waals surface area contributed by atoms with E-state index in [1.165, 1.54) is 0 Å². The van der Waals surface area contributed by atoms with E-state index in [4.69, 9.17) is 21.4 Å². The van der Waals surface area contributed by atoms with Crippen molar-refractivity contribution in [2.45, 2.75) is 12.1 Å². The summed E-state index contributed by atoms with van der Waals surface area (Å²) in [4.78, 5) is 27.3. The highest BCUT2D eigenvalue weighted by molar-refractivity contribution is 6.31. The minimum absolute atomic E-state index is 0.0272. The molecule has 0 spiro atoms. The van der Waals surface area contributed by atoms with Crippen LogP contribution >= 0.6 is 11.6 Å². The molecule has 0 aliphatic carbocycles. The molecular formula is C25H19ClN2O4. The summed E-state index contributed by atoms with van der Waals surface area (Å²) in [6, 6.07) is 22.7. The third-order valence-corrected chi connectivity index (χ3v) is 5.25. The number of carbonyl (C=O) groups is 2. The zero-order valence-electron chi connectivity index (χ0n) is 16.8. The molecule has 1 aromatic heterocycles. The Hall–Kier alpha value is -3.90. The molecule has 1 aliphatic heterocycles. The van der Waals surface area contributed by atoms with Crippen LogP contribution in [-0.4, -0.2) is 26.4 Å². The zero-order valence-corrected chi connectivity index (χ0v) is 17.6. The lowest BCUT2D eigenvalue weighted by Gasteiger charge is -2.33. The third-order valence-electron chi connectivity index (χ3n) is 5.01. The van der Waals surface area contributed by atoms with Gasteiger partial charge in [0, 0.05) is 17.4 Å². The number of aromatic carboxylic acids is 1. The summed E-state index contributed by atoms with van der Waals surface area (Å²) in [5, 5.41) is 8.90. The lowest BCUT2D eigenvalue weighted by atomic mass is 9.91. The number of benzene rings is 3. The molecule has 1 N–H and O–H groups in total. The molecule has 0 radical (unpaired) electrons. The number of halogens is 1. The fourth-order valence-corrected chi connectivity index (χ4v) is 3.67. The van der Waals surface area contributed by atoms with Crippen molar-refractivity contribution in [1.82, 2.24) is 9.55 Å². The van der Waals surface area contributed by atoms with Gasteiger partial charge in [-0.05, 0) is 35.9 Å². The fraction of sp³-hybridized carbons (Fsp3) is 0.0800. The van der Waals surface area contributed by atoms with Crippen molar-refractivity contribution in [2.24, 2.45) is 0 Å². The summed E-state index contributed by atoms with van der Waals surface area (Å²) in [5.41, 5.74) is 1.78. The van der Waals surface area contributed by atoms with Gasteiger partial charge in [-0.25, -0.2) is 9.78 Å². The Bertz CT molecular complexity index is 1210. The largest absolute Gasteiger partial charge is 0.482 e. The average molecular weight is 447 g/mol. The Morgan fingerprint density at radius 1 is 1.00 bits per heavy atom. The van der Waals surface area contributed by atoms with Crippen molar-refractivity contribution in [3.05, 3.63) is 119 Å². The number of fused-ring (bicyclic) bond motifs is 1. The van der Waals surface area contributed by atoms with Crippen LogP contribution in [0.2, 0.25) is 5.02 Å². The van der Waals surface area contributed by atoms with Crippen LogP contribution in [0.3, 0.4) is 0 Å². The van der Waals surface area contributed by atoms with E-state index in [0.717, 1.165) is 5.56 Å². The van der Waals surface area contributed by atoms with Crippen LogP contribution in [0.5, 0.6) is 5.75 Å². The van der Waals surface area contributed by atoms with Gasteiger partial charge in [0.25, 0.3) is 0 Å². The molecule has 160 valence electrons. The van der Waals surface area contributed by atoms with Gasteiger partial charge in [-0.1, -0.05) is 60.1 Å². The maximum absolute atomic E-state index is 13.1. The van der Waals surface area contributed by atoms with Crippen molar-refractivity contribution in [1.29, 1.82) is 0 Å². The summed E-state index contributed by atoms with van der Waals surface area (Å²) in [6.07, 6.45) is 4.66. The molecule has 4 aromatic rings. The summed E-state index contributed by atoms with van der Waals surface area (Å²) in [7, 11) is 0. The van der Waals surface area contributed by atoms with Gasteiger partial charge in [-0.15, -0.1) is 0 Å². The number of hydrogen-bond acceptors (Lipinski definition) is 4. The molecule has 5 rings (SSSR count). The molecule has 0 saturated heterocycles. The minimum Gasteiger partial charge on any atom is -0.482 e. The number of carboxylic acids is 1. The van der Waals surface area contributed by atoms with Crippen LogP contribution < -0.4 is 4.74 Å². The number of hydrogen-bond donors (Lipinski definition) is 1. The second-order valence-corrected chi connectivity index (χ2v) is 7.52. The molecule has 2 unspecified atom stereocenters. The molecule has 0 saturated carbocycles. The van der Waals surface area contributed by atoms with Crippen LogP contribution in [-0.2, 0) is 0 Å². The van der Waals surface area contributed by atoms with E-state index in [2.05, 4.69) is 4.98 Å². The van der Waals surface area contributed by atoms with Crippen LogP contribution in [0.25, 0.3) is 0 Å². The van der Waals surface area contributed by atoms with Gasteiger partial charge in [-0.2, -0.15) is 0 Å². The fourth-order valence-electron chi connectivity index (χ4n) is 3.50. The predicted molar refractivity (Wildman–Crippen MR) is 120 cm³/mol. The quantitative estimate of drug-likeness (QED) is 0.450. The highest BCUT2D eigenvalue weighted by Gasteiger charge is 2.39. The number of carboxylic acid groups (broad SMARTS) is 1. The van der Waals surface area contributed by atoms with E-state index in [0.29, 0.717) is 21.9 Å². The van der Waals surface area contributed by atoms with Crippen molar-refractivity contribution in [3.8, 4) is 5.75 Å². The van der Waals surface area contributed by atoms with Crippen LogP contribution in [0, 0.1) is 0 Å². The molecule has 1 aliphatic rings. The van der Waals surface area contributed by atoms with Crippen LogP contribution in [0.15, 0.2) is 97.6 Å². The van der Waals surface area contributed by atoms with E-state index in [-0.39, 0.29) is 5.78 Å². The van der Waals surface area contributed by atoms with Crippen molar-refractivity contribution < 1.29 is 19.4 Å². The number of nitrogens with zero attached hydrogens (tertiary/aromatic N) is 2. The third kappa shape index (κ3) is 4.55. The summed E-state index contributed by atoms with van der Waals surface area (Å²) >= 11 is 6.04. The number of Topliss-reactive ketones (excluding diaryl/α,β-unsaturated/α-hetero) is 1. The number of ether oxygens (including phenoxy) is 1. The molecule has 7 heteroatoms. The first kappa shape index (κ1) is 21.3. The number of carbonyl (C=O) groups excluding carboxylic acids is 1. The van der Waals surface area contributed by atoms with Gasteiger partial charge in [-0.3, -0.25) is 4.79 Å². The second-order valence-electron chi connectivity index (χ2n) is 7.08. The number of aromatic nitrogens is 2. The number of ketones is 1. The SMILES string of the molecule is O=C(O)c1ccccc1.O=C1c2cc(Cl)ccc2OC(c2ccccc2)C1n1ccnc1. The van der Waals surface area contributed by atoms with Gasteiger partial charge in [0.15, 0.2) is 11.9 Å². The van der Waals surface area contributed by atoms with E-state index in [9.17, 15) is 9.59 Å². The van der Waals surface area contributed by atoms with E-state index < -0.39 is 18.1 Å². The molecule has 0 bridgehead atoms. The van der Waals surface area contributed by atoms with Crippen molar-refractivity contribution in [2.75, 3.05) is 0 Å². The topological polar surface area (TPSA) is 81.4 Å². The van der Waals surface area contributed by atoms with Crippen LogP contribution in [0.4, 0.5) is 0 Å². The first-order valence-corrected chi connectivity index (χ1v) is 10.2. The van der Waals surface area contributed by atoms with Gasteiger partial charge in [0.2, 0.25) is 0 Å². The highest BCUT2D eigenvalue weighted by atomic mass is 35.5. The average Bonchev–Trinajstić information content (AvgIpc) is 3.35. The Balaban J connectivity index is 0.000000230. The Morgan fingerprint density at radius 2 is 1.69 bits per heavy atom. The molecule has 0 fully saturated rings. The molecule has 6 nitrogen and oxygen atoms in total. The summed E-state index contributed by atoms with van der Waals surface area (Å²) in [5.74, 6) is -0.346. The molecule has 0 amide bonds. The van der Waals surface area contributed by atoms with Crippen molar-refractivity contribution in [3.63, 3.8) is 0 Å². The maximum Gasteiger partial charge on any atom is 0.335 e. The zero-order chi connectivity index (χ0) is 22.5. The summed E-state index contributed by atoms with van der Waals surface area (Å²) < 4.78 is 7.93. The highest BCUT2D eigenvalue weighted by Crippen LogP contribution is 2.41. The first-order valence-electron chi connectivity index (χ1n) is 9.86. The lowest BCUT2D eigenvalue weighted by molar-refractivity contribution is 0.0673. The Labute approximate surface area is 189 Å². The maximum atomic E-state index is 13.1. The number of rotatable bonds is 3. The van der Waals surface area contributed by atoms with Crippen LogP contribution in [0.1, 0.15) is 38.4 Å². The standard InChI is InChI=1S/C18H13ClN2O2.C7H6O2/c19-13-6-7-15-14(10-13)17(22)16(21-9-8-20-11-21)18(23-15)12-4-2-1-3-5-12;8-7(9)6-4-2-1-3-5-6/h1-11,16,18H;1-5H,(H,8,9). The Kier molecular flexibility index (Phi) is 6.33. The normalized spacial score (nSPS) is 16.8. The molecule has 2 heterocycles.